The number of nitrogens with zero attached hydrogens (tertiary/aromatic N) is 1. The standard InChI is InChI=1S/C16H14N2O2S2/c1-21-16(18-13-8-4-2-5-9-13)15(12-17)22(19,20)14-10-6-3-7-11-14/h2-11,18H,1H3/b16-15+. The van der Waals surface area contributed by atoms with Crippen molar-refractivity contribution in [1.29, 1.82) is 5.26 Å². The van der Waals surface area contributed by atoms with E-state index in [4.69, 9.17) is 0 Å². The molecular formula is C16H14N2O2S2. The molecule has 0 radical (unpaired) electrons. The van der Waals surface area contributed by atoms with E-state index in [1.165, 1.54) is 23.9 Å². The van der Waals surface area contributed by atoms with Crippen LogP contribution in [0.1, 0.15) is 0 Å². The van der Waals surface area contributed by atoms with Gasteiger partial charge in [-0.05, 0) is 30.5 Å². The lowest BCUT2D eigenvalue weighted by atomic mass is 10.3. The van der Waals surface area contributed by atoms with Gasteiger partial charge in [0.05, 0.1) is 4.90 Å². The van der Waals surface area contributed by atoms with Gasteiger partial charge >= 0.3 is 0 Å². The lowest BCUT2D eigenvalue weighted by Gasteiger charge is -2.11. The summed E-state index contributed by atoms with van der Waals surface area (Å²) in [4.78, 5) is -0.178. The third kappa shape index (κ3) is 3.50. The van der Waals surface area contributed by atoms with Crippen LogP contribution in [0.25, 0.3) is 0 Å². The largest absolute Gasteiger partial charge is 0.349 e. The topological polar surface area (TPSA) is 70.0 Å². The average Bonchev–Trinajstić information content (AvgIpc) is 2.56. The number of thioether (sulfide) groups is 1. The molecule has 0 saturated heterocycles. The Hall–Kier alpha value is -2.23. The van der Waals surface area contributed by atoms with Gasteiger partial charge in [0.15, 0.2) is 4.91 Å². The van der Waals surface area contributed by atoms with Crippen molar-refractivity contribution in [1.82, 2.24) is 0 Å². The average molecular weight is 330 g/mol. The molecule has 2 aromatic rings. The molecule has 0 aliphatic carbocycles. The predicted octanol–water partition coefficient (Wildman–Crippen LogP) is 3.63. The maximum Gasteiger partial charge on any atom is 0.219 e. The molecule has 22 heavy (non-hydrogen) atoms. The van der Waals surface area contributed by atoms with Gasteiger partial charge in [-0.15, -0.1) is 11.8 Å². The van der Waals surface area contributed by atoms with Crippen LogP contribution in [-0.2, 0) is 9.84 Å². The third-order valence-corrected chi connectivity index (χ3v) is 5.44. The number of rotatable bonds is 5. The quantitative estimate of drug-likeness (QED) is 0.848. The van der Waals surface area contributed by atoms with Gasteiger partial charge in [-0.3, -0.25) is 0 Å². The zero-order valence-corrected chi connectivity index (χ0v) is 13.5. The second-order valence-corrected chi connectivity index (χ2v) is 6.98. The molecule has 1 N–H and O–H groups in total. The second-order valence-electron chi connectivity index (χ2n) is 4.28. The van der Waals surface area contributed by atoms with E-state index in [0.29, 0.717) is 5.03 Å². The fraction of sp³-hybridized carbons (Fsp3) is 0.0625. The predicted molar refractivity (Wildman–Crippen MR) is 89.8 cm³/mol. The Morgan fingerprint density at radius 2 is 1.59 bits per heavy atom. The molecule has 0 aromatic heterocycles. The van der Waals surface area contributed by atoms with Crippen LogP contribution in [0, 0.1) is 11.3 Å². The van der Waals surface area contributed by atoms with Crippen molar-refractivity contribution in [3.05, 3.63) is 70.6 Å². The van der Waals surface area contributed by atoms with E-state index in [0.717, 1.165) is 5.69 Å². The van der Waals surface area contributed by atoms with Crippen LogP contribution in [0.4, 0.5) is 5.69 Å². The number of anilines is 1. The highest BCUT2D eigenvalue weighted by atomic mass is 32.2. The molecule has 0 fully saturated rings. The minimum absolute atomic E-state index is 0.105. The molecule has 0 amide bonds. The molecule has 0 bridgehead atoms. The van der Waals surface area contributed by atoms with E-state index in [-0.39, 0.29) is 9.80 Å². The van der Waals surface area contributed by atoms with Crippen molar-refractivity contribution in [3.63, 3.8) is 0 Å². The summed E-state index contributed by atoms with van der Waals surface area (Å²) in [5.74, 6) is 0. The summed E-state index contributed by atoms with van der Waals surface area (Å²) in [6.07, 6.45) is 1.73. The molecule has 6 heteroatoms. The van der Waals surface area contributed by atoms with E-state index in [1.54, 1.807) is 36.6 Å². The van der Waals surface area contributed by atoms with Crippen molar-refractivity contribution in [2.45, 2.75) is 4.90 Å². The van der Waals surface area contributed by atoms with Gasteiger partial charge in [-0.25, -0.2) is 8.42 Å². The SMILES string of the molecule is CS/C(Nc1ccccc1)=C(\C#N)S(=O)(=O)c1ccccc1. The molecule has 0 aliphatic rings. The van der Waals surface area contributed by atoms with E-state index in [1.807, 2.05) is 24.3 Å². The first-order chi connectivity index (χ1) is 10.6. The summed E-state index contributed by atoms with van der Waals surface area (Å²) in [5, 5.41) is 12.7. The summed E-state index contributed by atoms with van der Waals surface area (Å²) in [7, 11) is -3.85. The van der Waals surface area contributed by atoms with Gasteiger partial charge in [0.25, 0.3) is 0 Å². The zero-order chi connectivity index (χ0) is 16.0. The van der Waals surface area contributed by atoms with Gasteiger partial charge in [-0.2, -0.15) is 5.26 Å². The molecule has 2 aromatic carbocycles. The van der Waals surface area contributed by atoms with Crippen molar-refractivity contribution in [3.8, 4) is 6.07 Å². The van der Waals surface area contributed by atoms with Crippen molar-refractivity contribution < 1.29 is 8.42 Å². The number of hydrogen-bond acceptors (Lipinski definition) is 5. The number of allylic oxidation sites excluding steroid dienone is 1. The van der Waals surface area contributed by atoms with Crippen molar-refractivity contribution in [2.24, 2.45) is 0 Å². The minimum Gasteiger partial charge on any atom is -0.349 e. The number of hydrogen-bond donors (Lipinski definition) is 1. The van der Waals surface area contributed by atoms with E-state index in [9.17, 15) is 13.7 Å². The van der Waals surface area contributed by atoms with Gasteiger partial charge in [0.2, 0.25) is 9.84 Å². The van der Waals surface area contributed by atoms with E-state index < -0.39 is 9.84 Å². The first-order valence-corrected chi connectivity index (χ1v) is 9.11. The highest BCUT2D eigenvalue weighted by molar-refractivity contribution is 8.04. The number of nitriles is 1. The van der Waals surface area contributed by atoms with Crippen LogP contribution in [0.5, 0.6) is 0 Å². The second kappa shape index (κ2) is 7.16. The molecule has 2 rings (SSSR count). The number of benzene rings is 2. The molecular weight excluding hydrogens is 316 g/mol. The summed E-state index contributed by atoms with van der Waals surface area (Å²) >= 11 is 1.19. The fourth-order valence-corrected chi connectivity index (χ4v) is 4.00. The van der Waals surface area contributed by atoms with Crippen LogP contribution in [0.2, 0.25) is 0 Å². The highest BCUT2D eigenvalue weighted by Crippen LogP contribution is 2.27. The third-order valence-electron chi connectivity index (χ3n) is 2.87. The zero-order valence-electron chi connectivity index (χ0n) is 11.9. The monoisotopic (exact) mass is 330 g/mol. The van der Waals surface area contributed by atoms with E-state index >= 15 is 0 Å². The Kier molecular flexibility index (Phi) is 5.26. The van der Waals surface area contributed by atoms with Crippen LogP contribution in [-0.4, -0.2) is 14.7 Å². The molecule has 112 valence electrons. The first-order valence-electron chi connectivity index (χ1n) is 6.40. The Balaban J connectivity index is 2.50. The summed E-state index contributed by atoms with van der Waals surface area (Å²) in [5.41, 5.74) is 0.725. The van der Waals surface area contributed by atoms with Crippen LogP contribution >= 0.6 is 11.8 Å². The van der Waals surface area contributed by atoms with Gasteiger partial charge < -0.3 is 5.32 Å². The smallest absolute Gasteiger partial charge is 0.219 e. The molecule has 0 atom stereocenters. The first kappa shape index (κ1) is 16.1. The lowest BCUT2D eigenvalue weighted by molar-refractivity contribution is 0.603. The number of para-hydroxylation sites is 1. The molecule has 0 saturated carbocycles. The van der Waals surface area contributed by atoms with E-state index in [2.05, 4.69) is 5.32 Å². The molecule has 0 spiro atoms. The van der Waals surface area contributed by atoms with Crippen LogP contribution in [0.15, 0.2) is 75.5 Å². The molecule has 0 heterocycles. The number of sulfone groups is 1. The molecule has 0 unspecified atom stereocenters. The maximum atomic E-state index is 12.6. The Morgan fingerprint density at radius 3 is 2.09 bits per heavy atom. The summed E-state index contributed by atoms with van der Waals surface area (Å²) < 4.78 is 25.2. The Labute approximate surface area is 134 Å². The van der Waals surface area contributed by atoms with Gasteiger partial charge in [0, 0.05) is 5.69 Å². The molecule has 0 aliphatic heterocycles. The van der Waals surface area contributed by atoms with Crippen LogP contribution in [0.3, 0.4) is 0 Å². The highest BCUT2D eigenvalue weighted by Gasteiger charge is 2.24. The Morgan fingerprint density at radius 1 is 1.05 bits per heavy atom. The number of nitrogens with one attached hydrogen (secondary N) is 1. The minimum atomic E-state index is -3.85. The fourth-order valence-electron chi connectivity index (χ4n) is 1.80. The summed E-state index contributed by atoms with van der Waals surface area (Å²) in [6, 6.07) is 18.9. The lowest BCUT2D eigenvalue weighted by Crippen LogP contribution is -2.09. The van der Waals surface area contributed by atoms with Crippen molar-refractivity contribution in [2.75, 3.05) is 11.6 Å². The normalized spacial score (nSPS) is 12.2. The summed E-state index contributed by atoms with van der Waals surface area (Å²) in [6.45, 7) is 0. The van der Waals surface area contributed by atoms with Gasteiger partial charge in [0.1, 0.15) is 11.1 Å². The Bertz CT molecular complexity index is 808. The van der Waals surface area contributed by atoms with Gasteiger partial charge in [-0.1, -0.05) is 36.4 Å². The van der Waals surface area contributed by atoms with Crippen LogP contribution < -0.4 is 5.32 Å². The van der Waals surface area contributed by atoms with Crippen molar-refractivity contribution >= 4 is 27.3 Å². The molecule has 4 nitrogen and oxygen atoms in total. The maximum absolute atomic E-state index is 12.6.